The number of hydrogen-bond acceptors (Lipinski definition) is 6. The summed E-state index contributed by atoms with van der Waals surface area (Å²) in [6.07, 6.45) is -0.201. The fraction of sp³-hybridized carbons (Fsp3) is 0.588. The number of carbonyl (C=O) groups excluding carboxylic acids is 1. The van der Waals surface area contributed by atoms with E-state index in [2.05, 4.69) is 0 Å². The van der Waals surface area contributed by atoms with E-state index >= 15 is 0 Å². The SMILES string of the molecule is COC(=O)[C@@H]1C[C@H]([C@H]2COC(C)(C)O2)N(Cc2ccccc2)O1. The van der Waals surface area contributed by atoms with E-state index in [4.69, 9.17) is 19.0 Å². The van der Waals surface area contributed by atoms with Crippen molar-refractivity contribution in [3.05, 3.63) is 35.9 Å². The lowest BCUT2D eigenvalue weighted by atomic mass is 10.0. The summed E-state index contributed by atoms with van der Waals surface area (Å²) in [5.74, 6) is -0.962. The summed E-state index contributed by atoms with van der Waals surface area (Å²) < 4.78 is 16.5. The minimum atomic E-state index is -0.605. The van der Waals surface area contributed by atoms with E-state index in [1.807, 2.05) is 49.2 Å². The van der Waals surface area contributed by atoms with Crippen LogP contribution in [0.5, 0.6) is 0 Å². The van der Waals surface area contributed by atoms with Crippen LogP contribution in [-0.4, -0.2) is 48.8 Å². The normalized spacial score (nSPS) is 30.5. The Morgan fingerprint density at radius 1 is 1.35 bits per heavy atom. The van der Waals surface area contributed by atoms with Crippen molar-refractivity contribution in [3.8, 4) is 0 Å². The molecule has 2 fully saturated rings. The van der Waals surface area contributed by atoms with Crippen LogP contribution in [0.2, 0.25) is 0 Å². The molecule has 0 amide bonds. The van der Waals surface area contributed by atoms with Gasteiger partial charge in [0.15, 0.2) is 11.9 Å². The number of carbonyl (C=O) groups is 1. The molecule has 3 rings (SSSR count). The van der Waals surface area contributed by atoms with Gasteiger partial charge in [-0.2, -0.15) is 5.06 Å². The second-order valence-corrected chi connectivity index (χ2v) is 6.35. The fourth-order valence-electron chi connectivity index (χ4n) is 3.05. The molecular formula is C17H23NO5. The molecule has 0 N–H and O–H groups in total. The number of hydrogen-bond donors (Lipinski definition) is 0. The highest BCUT2D eigenvalue weighted by molar-refractivity contribution is 5.74. The zero-order valence-electron chi connectivity index (χ0n) is 13.7. The summed E-state index contributed by atoms with van der Waals surface area (Å²) in [6.45, 7) is 4.85. The van der Waals surface area contributed by atoms with Gasteiger partial charge in [-0.3, -0.25) is 4.84 Å². The quantitative estimate of drug-likeness (QED) is 0.789. The highest BCUT2D eigenvalue weighted by atomic mass is 16.8. The predicted octanol–water partition coefficient (Wildman–Crippen LogP) is 1.89. The molecule has 126 valence electrons. The Morgan fingerprint density at radius 2 is 2.09 bits per heavy atom. The number of hydroxylamine groups is 2. The molecule has 0 spiro atoms. The van der Waals surface area contributed by atoms with Crippen molar-refractivity contribution in [1.82, 2.24) is 5.06 Å². The lowest BCUT2D eigenvalue weighted by Crippen LogP contribution is -2.40. The van der Waals surface area contributed by atoms with Gasteiger partial charge in [-0.15, -0.1) is 0 Å². The van der Waals surface area contributed by atoms with Crippen molar-refractivity contribution in [1.29, 1.82) is 0 Å². The minimum Gasteiger partial charge on any atom is -0.467 e. The van der Waals surface area contributed by atoms with Crippen LogP contribution in [-0.2, 0) is 30.4 Å². The number of esters is 1. The third kappa shape index (κ3) is 3.72. The lowest BCUT2D eigenvalue weighted by molar-refractivity contribution is -0.205. The molecule has 0 radical (unpaired) electrons. The van der Waals surface area contributed by atoms with Crippen LogP contribution in [0.3, 0.4) is 0 Å². The van der Waals surface area contributed by atoms with Gasteiger partial charge < -0.3 is 14.2 Å². The fourth-order valence-corrected chi connectivity index (χ4v) is 3.05. The summed E-state index contributed by atoms with van der Waals surface area (Å²) in [4.78, 5) is 17.7. The van der Waals surface area contributed by atoms with Crippen LogP contribution >= 0.6 is 0 Å². The molecule has 0 aromatic heterocycles. The molecule has 0 unspecified atom stereocenters. The maximum Gasteiger partial charge on any atom is 0.337 e. The second kappa shape index (κ2) is 6.57. The zero-order valence-corrected chi connectivity index (χ0v) is 13.7. The number of benzene rings is 1. The number of methoxy groups -OCH3 is 1. The topological polar surface area (TPSA) is 57.2 Å². The summed E-state index contributed by atoms with van der Waals surface area (Å²) in [6, 6.07) is 9.94. The molecule has 2 heterocycles. The van der Waals surface area contributed by atoms with Gasteiger partial charge in [-0.25, -0.2) is 4.79 Å². The Kier molecular flexibility index (Phi) is 4.68. The first-order chi connectivity index (χ1) is 11.0. The molecule has 23 heavy (non-hydrogen) atoms. The molecule has 0 aliphatic carbocycles. The first kappa shape index (κ1) is 16.4. The minimum absolute atomic E-state index is 0.0546. The van der Waals surface area contributed by atoms with Gasteiger partial charge in [0, 0.05) is 13.0 Å². The third-order valence-electron chi connectivity index (χ3n) is 4.19. The van der Waals surface area contributed by atoms with Gasteiger partial charge in [0.2, 0.25) is 0 Å². The average Bonchev–Trinajstić information content (AvgIpc) is 3.11. The molecule has 1 aromatic carbocycles. The Hall–Kier alpha value is -1.47. The highest BCUT2D eigenvalue weighted by Gasteiger charge is 2.47. The Bertz CT molecular complexity index is 547. The molecule has 2 aliphatic rings. The number of ether oxygens (including phenoxy) is 3. The Labute approximate surface area is 136 Å². The maximum absolute atomic E-state index is 11.9. The van der Waals surface area contributed by atoms with Gasteiger partial charge >= 0.3 is 5.97 Å². The molecule has 3 atom stereocenters. The predicted molar refractivity (Wildman–Crippen MR) is 82.2 cm³/mol. The van der Waals surface area contributed by atoms with Crippen LogP contribution in [0.4, 0.5) is 0 Å². The van der Waals surface area contributed by atoms with Gasteiger partial charge in [0.25, 0.3) is 0 Å². The molecule has 0 bridgehead atoms. The first-order valence-electron chi connectivity index (χ1n) is 7.85. The first-order valence-corrected chi connectivity index (χ1v) is 7.85. The van der Waals surface area contributed by atoms with Gasteiger partial charge in [-0.1, -0.05) is 30.3 Å². The second-order valence-electron chi connectivity index (χ2n) is 6.35. The summed E-state index contributed by atoms with van der Waals surface area (Å²) in [5, 5.41) is 1.83. The third-order valence-corrected chi connectivity index (χ3v) is 4.19. The molecular weight excluding hydrogens is 298 g/mol. The number of rotatable bonds is 4. The summed E-state index contributed by atoms with van der Waals surface area (Å²) in [5.41, 5.74) is 1.11. The summed E-state index contributed by atoms with van der Waals surface area (Å²) >= 11 is 0. The number of nitrogens with zero attached hydrogens (tertiary/aromatic N) is 1. The van der Waals surface area contributed by atoms with Crippen molar-refractivity contribution in [2.24, 2.45) is 0 Å². The summed E-state index contributed by atoms with van der Waals surface area (Å²) in [7, 11) is 1.37. The Morgan fingerprint density at radius 3 is 2.70 bits per heavy atom. The monoisotopic (exact) mass is 321 g/mol. The van der Waals surface area contributed by atoms with Crippen molar-refractivity contribution >= 4 is 5.97 Å². The molecule has 2 aliphatic heterocycles. The molecule has 1 aromatic rings. The van der Waals surface area contributed by atoms with Crippen LogP contribution in [0, 0.1) is 0 Å². The van der Waals surface area contributed by atoms with E-state index in [1.165, 1.54) is 7.11 Å². The highest BCUT2D eigenvalue weighted by Crippen LogP contribution is 2.33. The van der Waals surface area contributed by atoms with Crippen LogP contribution in [0.25, 0.3) is 0 Å². The Balaban J connectivity index is 1.74. The van der Waals surface area contributed by atoms with Crippen molar-refractivity contribution < 1.29 is 23.8 Å². The van der Waals surface area contributed by atoms with E-state index in [9.17, 15) is 4.79 Å². The zero-order chi connectivity index (χ0) is 16.4. The van der Waals surface area contributed by atoms with E-state index < -0.39 is 11.9 Å². The molecule has 6 nitrogen and oxygen atoms in total. The van der Waals surface area contributed by atoms with Crippen molar-refractivity contribution in [2.75, 3.05) is 13.7 Å². The largest absolute Gasteiger partial charge is 0.467 e. The van der Waals surface area contributed by atoms with Gasteiger partial charge in [-0.05, 0) is 19.4 Å². The van der Waals surface area contributed by atoms with Crippen LogP contribution < -0.4 is 0 Å². The van der Waals surface area contributed by atoms with E-state index in [1.54, 1.807) is 0 Å². The van der Waals surface area contributed by atoms with Gasteiger partial charge in [0.1, 0.15) is 6.10 Å². The van der Waals surface area contributed by atoms with E-state index in [-0.39, 0.29) is 18.1 Å². The standard InChI is InChI=1S/C17H23NO5/c1-17(2)21-11-15(22-17)13-9-14(16(19)20-3)23-18(13)10-12-7-5-4-6-8-12/h4-8,13-15H,9-11H2,1-3H3/t13-,14+,15-/m1/s1. The van der Waals surface area contributed by atoms with E-state index in [0.29, 0.717) is 19.6 Å². The molecule has 2 saturated heterocycles. The van der Waals surface area contributed by atoms with Crippen molar-refractivity contribution in [3.63, 3.8) is 0 Å². The maximum atomic E-state index is 11.9. The molecule has 6 heteroatoms. The van der Waals surface area contributed by atoms with Crippen molar-refractivity contribution in [2.45, 2.75) is 50.8 Å². The lowest BCUT2D eigenvalue weighted by Gasteiger charge is -2.27. The van der Waals surface area contributed by atoms with Crippen LogP contribution in [0.15, 0.2) is 30.3 Å². The smallest absolute Gasteiger partial charge is 0.337 e. The van der Waals surface area contributed by atoms with Crippen LogP contribution in [0.1, 0.15) is 25.8 Å². The molecule has 0 saturated carbocycles. The van der Waals surface area contributed by atoms with Gasteiger partial charge in [0.05, 0.1) is 19.8 Å². The average molecular weight is 321 g/mol. The van der Waals surface area contributed by atoms with E-state index in [0.717, 1.165) is 5.56 Å².